The topological polar surface area (TPSA) is 139 Å². The van der Waals surface area contributed by atoms with Gasteiger partial charge in [0.1, 0.15) is 48.8 Å². The van der Waals surface area contributed by atoms with E-state index in [1.54, 1.807) is 84.9 Å². The number of ether oxygens (including phenoxy) is 11. The zero-order valence-electron chi connectivity index (χ0n) is 44.6. The van der Waals surface area contributed by atoms with Crippen LogP contribution in [0.2, 0.25) is 0 Å². The van der Waals surface area contributed by atoms with Crippen LogP contribution >= 0.6 is 0 Å². The number of hydrogen-bond donors (Lipinski definition) is 1. The van der Waals surface area contributed by atoms with E-state index in [0.717, 1.165) is 37.7 Å². The molecule has 0 aliphatic carbocycles. The summed E-state index contributed by atoms with van der Waals surface area (Å²) < 4.78 is 109. The summed E-state index contributed by atoms with van der Waals surface area (Å²) in [5.41, 5.74) is 3.00. The summed E-state index contributed by atoms with van der Waals surface area (Å²) in [4.78, 5) is 11.6. The van der Waals surface area contributed by atoms with Crippen molar-refractivity contribution in [2.24, 2.45) is 0 Å². The molecule has 1 N–H and O–H groups in total. The van der Waals surface area contributed by atoms with Crippen LogP contribution in [0.25, 0.3) is 0 Å². The molecule has 5 unspecified atom stereocenters. The highest BCUT2D eigenvalue weighted by atomic mass is 16.8. The molecule has 0 aromatic heterocycles. The summed E-state index contributed by atoms with van der Waals surface area (Å²) in [5, 5.41) is 10.8. The largest absolute Gasteiger partial charge is 0.469 e. The standard InChI is InChI=1S/C58H72O13/c1-61-50(60)34-22-5-3-4-6-23-35-64-57-56(53(51(62-2)48(36-59)69-57)66-39-45-28-16-9-17-29-45)71-58-55(68-41-47-32-20-11-21-33-47)54(67-40-46-30-18-10-19-31-46)52(65-38-44-26-14-8-15-27-44)49(70-58)42-63-37-43-24-12-7-13-25-43/h7-21,24-33,48-49,51-59H,3-6,22-23,34-42H2,1-2H3/t48-,49-,51-,52-,53+,54+,55-,56-,57+,58?/m1/s1/i37D,38D,40D,41D/t37?,38?,40?,41?,48-,49-,51-,52-,53+,54+,55-,56-,57+,58?. The molecule has 0 saturated carbocycles. The Morgan fingerprint density at radius 3 is 1.49 bits per heavy atom. The van der Waals surface area contributed by atoms with Gasteiger partial charge >= 0.3 is 5.97 Å². The number of hydrogen-bond acceptors (Lipinski definition) is 13. The summed E-state index contributed by atoms with van der Waals surface area (Å²) >= 11 is 0. The molecule has 2 fully saturated rings. The molecule has 71 heavy (non-hydrogen) atoms. The first-order valence-corrected chi connectivity index (χ1v) is 24.6. The van der Waals surface area contributed by atoms with Crippen molar-refractivity contribution in [3.63, 3.8) is 0 Å². The monoisotopic (exact) mass is 981 g/mol. The van der Waals surface area contributed by atoms with Gasteiger partial charge in [0, 0.05) is 20.1 Å². The number of benzene rings is 5. The highest BCUT2D eigenvalue weighted by Crippen LogP contribution is 2.36. The van der Waals surface area contributed by atoms with Crippen LogP contribution < -0.4 is 0 Å². The van der Waals surface area contributed by atoms with Crippen LogP contribution in [-0.2, 0) is 89.8 Å². The van der Waals surface area contributed by atoms with Crippen LogP contribution in [0.3, 0.4) is 0 Å². The molecule has 2 aliphatic heterocycles. The molecular formula is C58H72O13. The van der Waals surface area contributed by atoms with Crippen LogP contribution in [0, 0.1) is 0 Å². The van der Waals surface area contributed by atoms with Gasteiger partial charge in [-0.2, -0.15) is 0 Å². The molecule has 2 heterocycles. The summed E-state index contributed by atoms with van der Waals surface area (Å²) in [6.45, 7) is -5.50. The minimum atomic E-state index is -1.49. The Bertz CT molecular complexity index is 2330. The van der Waals surface area contributed by atoms with E-state index in [-0.39, 0.29) is 25.8 Å². The number of methoxy groups -OCH3 is 2. The summed E-state index contributed by atoms with van der Waals surface area (Å²) in [6.07, 6.45) is -6.32. The van der Waals surface area contributed by atoms with Gasteiger partial charge in [-0.15, -0.1) is 0 Å². The van der Waals surface area contributed by atoms with Crippen LogP contribution in [0.15, 0.2) is 152 Å². The van der Waals surface area contributed by atoms with Gasteiger partial charge in [-0.1, -0.05) is 177 Å². The van der Waals surface area contributed by atoms with Crippen molar-refractivity contribution in [3.05, 3.63) is 179 Å². The third-order valence-electron chi connectivity index (χ3n) is 12.3. The molecule has 0 spiro atoms. The van der Waals surface area contributed by atoms with Gasteiger partial charge in [-0.3, -0.25) is 4.79 Å². The lowest BCUT2D eigenvalue weighted by Gasteiger charge is -2.50. The van der Waals surface area contributed by atoms with Crippen molar-refractivity contribution in [1.29, 1.82) is 0 Å². The number of unbranched alkanes of at least 4 members (excludes halogenated alkanes) is 5. The highest BCUT2D eigenvalue weighted by molar-refractivity contribution is 5.68. The molecule has 0 bridgehead atoms. The lowest BCUT2D eigenvalue weighted by molar-refractivity contribution is -0.381. The molecule has 0 radical (unpaired) electrons. The fourth-order valence-corrected chi connectivity index (χ4v) is 8.50. The SMILES string of the molecule is [2H]C(OC[C@H]1OC(O[C@H]2[C@@H](OCCCCCCCCC(=O)OC)O[C@H](CO)[C@@H](OC)[C@@H]2OCc2ccccc2)[C@H](OC([2H])c2ccccc2)[C@@H](OC([2H])c2ccccc2)[C@@H]1OC([2H])c1ccccc1)c1ccccc1. The van der Waals surface area contributed by atoms with Gasteiger partial charge in [0.15, 0.2) is 12.6 Å². The maximum Gasteiger partial charge on any atom is 0.305 e. The van der Waals surface area contributed by atoms with E-state index in [2.05, 4.69) is 0 Å². The predicted octanol–water partition coefficient (Wildman–Crippen LogP) is 9.31. The molecule has 5 aromatic carbocycles. The van der Waals surface area contributed by atoms with E-state index in [1.807, 2.05) is 66.7 Å². The van der Waals surface area contributed by atoms with E-state index in [1.165, 1.54) is 14.2 Å². The third kappa shape index (κ3) is 17.1. The zero-order valence-corrected chi connectivity index (χ0v) is 40.6. The normalized spacial score (nSPS) is 27.0. The van der Waals surface area contributed by atoms with E-state index >= 15 is 0 Å². The van der Waals surface area contributed by atoms with Gasteiger partial charge < -0.3 is 57.2 Å². The van der Waals surface area contributed by atoms with Crippen LogP contribution in [0.1, 0.15) is 78.2 Å². The molecule has 0 amide bonds. The summed E-state index contributed by atoms with van der Waals surface area (Å²) in [6, 6.07) is 45.5. The van der Waals surface area contributed by atoms with Crippen molar-refractivity contribution in [2.75, 3.05) is 34.0 Å². The Balaban J connectivity index is 1.28. The average Bonchev–Trinajstić information content (AvgIpc) is 3.46. The summed E-state index contributed by atoms with van der Waals surface area (Å²) in [5.74, 6) is -0.218. The van der Waals surface area contributed by atoms with Gasteiger partial charge in [-0.05, 0) is 40.7 Å². The Hall–Kier alpha value is -4.87. The fourth-order valence-electron chi connectivity index (χ4n) is 8.50. The molecule has 2 aliphatic rings. The fraction of sp³-hybridized carbons (Fsp3) is 0.466. The Labute approximate surface area is 425 Å². The highest BCUT2D eigenvalue weighted by Gasteiger charge is 2.54. The number of rotatable bonds is 30. The van der Waals surface area contributed by atoms with Crippen LogP contribution in [0.4, 0.5) is 0 Å². The molecule has 14 atom stereocenters. The number of esters is 1. The van der Waals surface area contributed by atoms with Crippen molar-refractivity contribution in [2.45, 2.75) is 139 Å². The van der Waals surface area contributed by atoms with Crippen molar-refractivity contribution < 1.29 is 67.5 Å². The maximum atomic E-state index is 11.6. The van der Waals surface area contributed by atoms with Crippen molar-refractivity contribution in [3.8, 4) is 0 Å². The first-order chi connectivity index (χ1) is 36.7. The summed E-state index contributed by atoms with van der Waals surface area (Å²) in [7, 11) is 2.89. The van der Waals surface area contributed by atoms with E-state index < -0.39 is 94.4 Å². The first-order valence-electron chi connectivity index (χ1n) is 26.9. The molecule has 382 valence electrons. The minimum absolute atomic E-state index is 0.116. The molecule has 7 rings (SSSR count). The Kier molecular flexibility index (Phi) is 20.6. The second-order valence-corrected chi connectivity index (χ2v) is 17.4. The number of aliphatic hydroxyl groups is 1. The molecule has 2 saturated heterocycles. The smallest absolute Gasteiger partial charge is 0.305 e. The minimum Gasteiger partial charge on any atom is -0.469 e. The van der Waals surface area contributed by atoms with Crippen LogP contribution in [-0.4, -0.2) is 107 Å². The van der Waals surface area contributed by atoms with Gasteiger partial charge in [0.2, 0.25) is 0 Å². The second-order valence-electron chi connectivity index (χ2n) is 17.4. The van der Waals surface area contributed by atoms with Crippen LogP contribution in [0.5, 0.6) is 0 Å². The van der Waals surface area contributed by atoms with Crippen molar-refractivity contribution in [1.82, 2.24) is 0 Å². The molecule has 13 heteroatoms. The quantitative estimate of drug-likeness (QED) is 0.0346. The average molecular weight is 981 g/mol. The zero-order chi connectivity index (χ0) is 52.8. The van der Waals surface area contributed by atoms with E-state index in [9.17, 15) is 14.0 Å². The number of carbonyl (C=O) groups is 1. The first kappa shape index (κ1) is 48.4. The number of carbonyl (C=O) groups excluding carboxylic acids is 1. The Morgan fingerprint density at radius 1 is 0.493 bits per heavy atom. The maximum absolute atomic E-state index is 11.6. The lowest BCUT2D eigenvalue weighted by Crippen LogP contribution is -2.66. The van der Waals surface area contributed by atoms with Gasteiger partial charge in [0.25, 0.3) is 0 Å². The van der Waals surface area contributed by atoms with E-state index in [4.69, 9.17) is 53.5 Å². The number of aliphatic hydroxyl groups excluding tert-OH is 1. The predicted molar refractivity (Wildman–Crippen MR) is 267 cm³/mol. The van der Waals surface area contributed by atoms with Crippen molar-refractivity contribution >= 4 is 5.97 Å². The Morgan fingerprint density at radius 2 is 0.958 bits per heavy atom. The molecule has 5 aromatic rings. The molecular weight excluding hydrogens is 905 g/mol. The van der Waals surface area contributed by atoms with Gasteiger partial charge in [0.05, 0.1) is 58.7 Å². The lowest BCUT2D eigenvalue weighted by atomic mass is 9.96. The van der Waals surface area contributed by atoms with E-state index in [0.29, 0.717) is 35.1 Å². The third-order valence-corrected chi connectivity index (χ3v) is 12.3. The van der Waals surface area contributed by atoms with Gasteiger partial charge in [-0.25, -0.2) is 0 Å². The molecule has 13 nitrogen and oxygen atoms in total. The second kappa shape index (κ2) is 30.2.